The smallest absolute Gasteiger partial charge is 0.232 e. The molecule has 9 nitrogen and oxygen atoms in total. The SMILES string of the molecule is CCCCS(=O)(=O)Nc1c(F)ccc2c(Oc3ncccc3-c3ccnc(NC4CCCNC4)n3)c(C)ccc12. The Labute approximate surface area is 233 Å². The van der Waals surface area contributed by atoms with Crippen LogP contribution in [0.4, 0.5) is 16.0 Å². The molecule has 11 heteroatoms. The van der Waals surface area contributed by atoms with Crippen molar-refractivity contribution < 1.29 is 17.5 Å². The molecule has 210 valence electrons. The highest BCUT2D eigenvalue weighted by atomic mass is 32.2. The van der Waals surface area contributed by atoms with Crippen LogP contribution in [0.5, 0.6) is 11.6 Å². The average molecular weight is 565 g/mol. The Morgan fingerprint density at radius 2 is 1.95 bits per heavy atom. The van der Waals surface area contributed by atoms with Crippen molar-refractivity contribution in [2.24, 2.45) is 0 Å². The van der Waals surface area contributed by atoms with E-state index in [-0.39, 0.29) is 17.5 Å². The normalized spacial score (nSPS) is 15.6. The molecule has 1 unspecified atom stereocenters. The van der Waals surface area contributed by atoms with E-state index in [2.05, 4.69) is 25.3 Å². The zero-order chi connectivity index (χ0) is 28.1. The van der Waals surface area contributed by atoms with Gasteiger partial charge in [0.15, 0.2) is 0 Å². The molecule has 3 N–H and O–H groups in total. The number of halogens is 1. The second-order valence-electron chi connectivity index (χ2n) is 9.91. The first-order valence-corrected chi connectivity index (χ1v) is 15.2. The minimum atomic E-state index is -3.72. The lowest BCUT2D eigenvalue weighted by molar-refractivity contribution is 0.466. The minimum absolute atomic E-state index is 0.0844. The van der Waals surface area contributed by atoms with Crippen LogP contribution < -0.4 is 20.1 Å². The van der Waals surface area contributed by atoms with E-state index < -0.39 is 15.8 Å². The van der Waals surface area contributed by atoms with Crippen LogP contribution >= 0.6 is 0 Å². The molecule has 0 saturated carbocycles. The largest absolute Gasteiger partial charge is 0.437 e. The fourth-order valence-corrected chi connectivity index (χ4v) is 6.03. The molecule has 1 atom stereocenters. The molecule has 40 heavy (non-hydrogen) atoms. The topological polar surface area (TPSA) is 118 Å². The molecule has 5 rings (SSSR count). The van der Waals surface area contributed by atoms with Gasteiger partial charge in [-0.15, -0.1) is 0 Å². The number of pyridine rings is 1. The number of benzene rings is 2. The first-order valence-electron chi connectivity index (χ1n) is 13.5. The fraction of sp³-hybridized carbons (Fsp3) is 0.345. The van der Waals surface area contributed by atoms with Gasteiger partial charge in [-0.1, -0.05) is 25.5 Å². The number of nitrogens with one attached hydrogen (secondary N) is 3. The van der Waals surface area contributed by atoms with E-state index in [9.17, 15) is 12.8 Å². The molecular weight excluding hydrogens is 531 g/mol. The van der Waals surface area contributed by atoms with Gasteiger partial charge in [-0.05, 0) is 68.6 Å². The number of fused-ring (bicyclic) bond motifs is 1. The summed E-state index contributed by atoms with van der Waals surface area (Å²) in [5.41, 5.74) is 1.99. The molecule has 4 aromatic rings. The fourth-order valence-electron chi connectivity index (χ4n) is 4.74. The Morgan fingerprint density at radius 3 is 2.75 bits per heavy atom. The van der Waals surface area contributed by atoms with E-state index in [0.29, 0.717) is 52.4 Å². The third-order valence-corrected chi connectivity index (χ3v) is 8.19. The van der Waals surface area contributed by atoms with E-state index in [1.165, 1.54) is 6.07 Å². The van der Waals surface area contributed by atoms with Crippen molar-refractivity contribution in [1.29, 1.82) is 0 Å². The summed E-state index contributed by atoms with van der Waals surface area (Å²) in [7, 11) is -3.72. The van der Waals surface area contributed by atoms with Crippen LogP contribution in [0.1, 0.15) is 38.2 Å². The molecule has 1 saturated heterocycles. The second kappa shape index (κ2) is 12.1. The van der Waals surface area contributed by atoms with Gasteiger partial charge < -0.3 is 15.4 Å². The van der Waals surface area contributed by atoms with Gasteiger partial charge in [-0.2, -0.15) is 0 Å². The summed E-state index contributed by atoms with van der Waals surface area (Å²) in [6.07, 6.45) is 6.65. The van der Waals surface area contributed by atoms with Gasteiger partial charge in [0, 0.05) is 35.8 Å². The summed E-state index contributed by atoms with van der Waals surface area (Å²) in [5.74, 6) is 0.551. The van der Waals surface area contributed by atoms with E-state index in [0.717, 1.165) is 31.5 Å². The van der Waals surface area contributed by atoms with Gasteiger partial charge in [0.25, 0.3) is 0 Å². The highest BCUT2D eigenvalue weighted by Crippen LogP contribution is 2.39. The number of piperidine rings is 1. The molecule has 1 aliphatic rings. The van der Waals surface area contributed by atoms with Gasteiger partial charge in [-0.25, -0.2) is 27.8 Å². The number of aryl methyl sites for hydroxylation is 1. The predicted octanol–water partition coefficient (Wildman–Crippen LogP) is 5.64. The van der Waals surface area contributed by atoms with E-state index in [1.807, 2.05) is 19.9 Å². The van der Waals surface area contributed by atoms with Crippen LogP contribution in [0.25, 0.3) is 22.0 Å². The second-order valence-corrected chi connectivity index (χ2v) is 11.8. The number of rotatable bonds is 10. The van der Waals surface area contributed by atoms with Crippen molar-refractivity contribution in [1.82, 2.24) is 20.3 Å². The highest BCUT2D eigenvalue weighted by Gasteiger charge is 2.20. The van der Waals surface area contributed by atoms with E-state index in [4.69, 9.17) is 9.72 Å². The van der Waals surface area contributed by atoms with E-state index in [1.54, 1.807) is 42.7 Å². The third-order valence-electron chi connectivity index (χ3n) is 6.85. The lowest BCUT2D eigenvalue weighted by Crippen LogP contribution is -2.38. The minimum Gasteiger partial charge on any atom is -0.437 e. The predicted molar refractivity (Wildman–Crippen MR) is 156 cm³/mol. The van der Waals surface area contributed by atoms with Crippen molar-refractivity contribution in [2.75, 3.05) is 28.9 Å². The Bertz CT molecular complexity index is 1610. The summed E-state index contributed by atoms with van der Waals surface area (Å²) >= 11 is 0. The summed E-state index contributed by atoms with van der Waals surface area (Å²) < 4.78 is 49.0. The zero-order valence-electron chi connectivity index (χ0n) is 22.6. The van der Waals surface area contributed by atoms with Crippen LogP contribution in [0.15, 0.2) is 54.9 Å². The maximum absolute atomic E-state index is 14.9. The quantitative estimate of drug-likeness (QED) is 0.227. The van der Waals surface area contributed by atoms with E-state index >= 15 is 0 Å². The number of ether oxygens (including phenoxy) is 1. The van der Waals surface area contributed by atoms with Crippen LogP contribution in [0.2, 0.25) is 0 Å². The lowest BCUT2D eigenvalue weighted by atomic mass is 10.0. The van der Waals surface area contributed by atoms with Gasteiger partial charge in [0.05, 0.1) is 22.7 Å². The first-order chi connectivity index (χ1) is 19.3. The number of anilines is 2. The van der Waals surface area contributed by atoms with Gasteiger partial charge in [0.2, 0.25) is 21.9 Å². The van der Waals surface area contributed by atoms with Gasteiger partial charge in [0.1, 0.15) is 11.6 Å². The Morgan fingerprint density at radius 1 is 1.10 bits per heavy atom. The summed E-state index contributed by atoms with van der Waals surface area (Å²) in [5, 5.41) is 7.73. The number of unbranched alkanes of at least 4 members (excludes halogenated alkanes) is 1. The zero-order valence-corrected chi connectivity index (χ0v) is 23.4. The molecular formula is C29H33FN6O3S. The van der Waals surface area contributed by atoms with Crippen molar-refractivity contribution in [3.63, 3.8) is 0 Å². The Kier molecular flexibility index (Phi) is 8.41. The summed E-state index contributed by atoms with van der Waals surface area (Å²) in [4.78, 5) is 13.6. The van der Waals surface area contributed by atoms with Crippen molar-refractivity contribution in [3.05, 3.63) is 66.2 Å². The average Bonchev–Trinajstić information content (AvgIpc) is 2.96. The summed E-state index contributed by atoms with van der Waals surface area (Å²) in [6, 6.07) is 12.0. The molecule has 1 aliphatic heterocycles. The lowest BCUT2D eigenvalue weighted by Gasteiger charge is -2.23. The third kappa shape index (κ3) is 6.31. The van der Waals surface area contributed by atoms with Crippen LogP contribution in [0, 0.1) is 12.7 Å². The maximum atomic E-state index is 14.9. The molecule has 2 aromatic heterocycles. The molecule has 2 aromatic carbocycles. The number of hydrogen-bond acceptors (Lipinski definition) is 8. The van der Waals surface area contributed by atoms with Crippen molar-refractivity contribution >= 4 is 32.4 Å². The molecule has 0 radical (unpaired) electrons. The van der Waals surface area contributed by atoms with Crippen molar-refractivity contribution in [3.8, 4) is 22.9 Å². The standard InChI is InChI=1S/C29H33FN6O3S/c1-3-4-17-40(37,38)36-26-21-10-9-19(2)27(22(21)11-12-24(26)30)39-28-23(8-6-15-32-28)25-13-16-33-29(35-25)34-20-7-5-14-31-18-20/h6,8-13,15-16,20,31,36H,3-5,7,14,17-18H2,1-2H3,(H,33,34,35). The molecule has 0 aliphatic carbocycles. The van der Waals surface area contributed by atoms with Crippen LogP contribution in [-0.2, 0) is 10.0 Å². The molecule has 3 heterocycles. The monoisotopic (exact) mass is 564 g/mol. The molecule has 0 bridgehead atoms. The Balaban J connectivity index is 1.49. The maximum Gasteiger partial charge on any atom is 0.232 e. The number of hydrogen-bond donors (Lipinski definition) is 3. The Hall–Kier alpha value is -3.83. The number of aromatic nitrogens is 3. The molecule has 0 spiro atoms. The number of sulfonamides is 1. The van der Waals surface area contributed by atoms with Gasteiger partial charge >= 0.3 is 0 Å². The molecule has 1 fully saturated rings. The number of nitrogens with zero attached hydrogens (tertiary/aromatic N) is 3. The van der Waals surface area contributed by atoms with Crippen molar-refractivity contribution in [2.45, 2.75) is 45.6 Å². The molecule has 0 amide bonds. The highest BCUT2D eigenvalue weighted by molar-refractivity contribution is 7.92. The van der Waals surface area contributed by atoms with Crippen LogP contribution in [0.3, 0.4) is 0 Å². The van der Waals surface area contributed by atoms with Crippen LogP contribution in [-0.4, -0.2) is 48.3 Å². The van der Waals surface area contributed by atoms with Gasteiger partial charge in [-0.3, -0.25) is 4.72 Å². The summed E-state index contributed by atoms with van der Waals surface area (Å²) in [6.45, 7) is 5.64. The first kappa shape index (κ1) is 27.7.